The molecule has 96 valence electrons. The molecule has 1 unspecified atom stereocenters. The van der Waals surface area contributed by atoms with Crippen LogP contribution in [-0.4, -0.2) is 29.3 Å². The number of aromatic nitrogens is 2. The number of benzene rings is 1. The van der Waals surface area contributed by atoms with E-state index in [1.54, 1.807) is 0 Å². The highest BCUT2D eigenvalue weighted by Gasteiger charge is 2.21. The van der Waals surface area contributed by atoms with Crippen molar-refractivity contribution in [3.8, 4) is 0 Å². The fourth-order valence-corrected chi connectivity index (χ4v) is 2.59. The molecule has 1 aliphatic heterocycles. The highest BCUT2D eigenvalue weighted by atomic mass is 16.5. The molecular weight excluding hydrogens is 226 g/mol. The molecule has 1 N–H and O–H groups in total. The first-order valence-corrected chi connectivity index (χ1v) is 6.57. The summed E-state index contributed by atoms with van der Waals surface area (Å²) in [4.78, 5) is 4.79. The molecule has 2 heterocycles. The van der Waals surface area contributed by atoms with Crippen molar-refractivity contribution in [3.63, 3.8) is 0 Å². The van der Waals surface area contributed by atoms with Gasteiger partial charge in [0.1, 0.15) is 5.82 Å². The Morgan fingerprint density at radius 2 is 2.39 bits per heavy atom. The zero-order valence-electron chi connectivity index (χ0n) is 10.9. The summed E-state index contributed by atoms with van der Waals surface area (Å²) in [5.41, 5.74) is 3.55. The summed E-state index contributed by atoms with van der Waals surface area (Å²) in [6.45, 7) is 7.61. The van der Waals surface area contributed by atoms with Crippen molar-refractivity contribution in [1.29, 1.82) is 0 Å². The molecule has 0 radical (unpaired) electrons. The third kappa shape index (κ3) is 1.91. The van der Waals surface area contributed by atoms with Gasteiger partial charge < -0.3 is 14.6 Å². The molecule has 1 fully saturated rings. The Kier molecular flexibility index (Phi) is 3.06. The number of ether oxygens (including phenoxy) is 1. The number of morpholine rings is 1. The smallest absolute Gasteiger partial charge is 0.129 e. The third-order valence-corrected chi connectivity index (χ3v) is 3.48. The van der Waals surface area contributed by atoms with Gasteiger partial charge in [0.2, 0.25) is 0 Å². The van der Waals surface area contributed by atoms with Crippen LogP contribution in [0, 0.1) is 6.92 Å². The van der Waals surface area contributed by atoms with E-state index in [1.165, 1.54) is 11.1 Å². The molecule has 0 saturated carbocycles. The van der Waals surface area contributed by atoms with Crippen LogP contribution in [0.2, 0.25) is 0 Å². The number of imidazole rings is 1. The molecule has 3 rings (SSSR count). The van der Waals surface area contributed by atoms with Gasteiger partial charge >= 0.3 is 0 Å². The summed E-state index contributed by atoms with van der Waals surface area (Å²) in [7, 11) is 0. The maximum atomic E-state index is 5.54. The topological polar surface area (TPSA) is 39.1 Å². The molecular formula is C14H19N3O. The lowest BCUT2D eigenvalue weighted by molar-refractivity contribution is 0.0733. The first-order valence-electron chi connectivity index (χ1n) is 6.57. The third-order valence-electron chi connectivity index (χ3n) is 3.48. The lowest BCUT2D eigenvalue weighted by Crippen LogP contribution is -2.36. The molecule has 0 aliphatic carbocycles. The number of hydrogen-bond donors (Lipinski definition) is 1. The van der Waals surface area contributed by atoms with E-state index in [1.807, 2.05) is 0 Å². The maximum absolute atomic E-state index is 5.54. The highest BCUT2D eigenvalue weighted by Crippen LogP contribution is 2.23. The first-order chi connectivity index (χ1) is 8.79. The van der Waals surface area contributed by atoms with Gasteiger partial charge in [0.05, 0.1) is 30.3 Å². The Morgan fingerprint density at radius 1 is 1.50 bits per heavy atom. The largest absolute Gasteiger partial charge is 0.378 e. The van der Waals surface area contributed by atoms with Crippen molar-refractivity contribution in [2.75, 3.05) is 19.8 Å². The second kappa shape index (κ2) is 4.71. The van der Waals surface area contributed by atoms with Crippen molar-refractivity contribution >= 4 is 11.0 Å². The zero-order valence-corrected chi connectivity index (χ0v) is 10.9. The molecule has 0 spiro atoms. The van der Waals surface area contributed by atoms with Gasteiger partial charge in [-0.3, -0.25) is 0 Å². The molecule has 4 heteroatoms. The number of fused-ring (bicyclic) bond motifs is 1. The van der Waals surface area contributed by atoms with Crippen molar-refractivity contribution < 1.29 is 4.74 Å². The number of nitrogens with zero attached hydrogens (tertiary/aromatic N) is 2. The first kappa shape index (κ1) is 11.7. The monoisotopic (exact) mass is 245 g/mol. The van der Waals surface area contributed by atoms with Gasteiger partial charge in [-0.2, -0.15) is 0 Å². The van der Waals surface area contributed by atoms with Gasteiger partial charge in [-0.15, -0.1) is 0 Å². The molecule has 1 atom stereocenters. The molecule has 2 aromatic rings. The summed E-state index contributed by atoms with van der Waals surface area (Å²) < 4.78 is 7.82. The normalized spacial score (nSPS) is 20.4. The van der Waals surface area contributed by atoms with E-state index < -0.39 is 0 Å². The van der Waals surface area contributed by atoms with Crippen LogP contribution < -0.4 is 5.32 Å². The van der Waals surface area contributed by atoms with Crippen LogP contribution in [0.3, 0.4) is 0 Å². The quantitative estimate of drug-likeness (QED) is 0.880. The van der Waals surface area contributed by atoms with Crippen LogP contribution in [0.5, 0.6) is 0 Å². The summed E-state index contributed by atoms with van der Waals surface area (Å²) in [5, 5.41) is 3.48. The summed E-state index contributed by atoms with van der Waals surface area (Å²) in [5.74, 6) is 1.10. The molecule has 0 bridgehead atoms. The average Bonchev–Trinajstić information content (AvgIpc) is 2.77. The minimum absolute atomic E-state index is 0.214. The second-order valence-corrected chi connectivity index (χ2v) is 4.79. The molecule has 1 aromatic heterocycles. The molecule has 1 saturated heterocycles. The molecule has 4 nitrogen and oxygen atoms in total. The Bertz CT molecular complexity index is 555. The van der Waals surface area contributed by atoms with Crippen LogP contribution in [-0.2, 0) is 11.3 Å². The van der Waals surface area contributed by atoms with Gasteiger partial charge in [-0.05, 0) is 31.5 Å². The summed E-state index contributed by atoms with van der Waals surface area (Å²) in [6, 6.07) is 6.67. The van der Waals surface area contributed by atoms with Gasteiger partial charge in [-0.25, -0.2) is 4.98 Å². The van der Waals surface area contributed by atoms with E-state index in [0.29, 0.717) is 6.61 Å². The molecule has 1 aromatic carbocycles. The fourth-order valence-electron chi connectivity index (χ4n) is 2.59. The number of rotatable bonds is 2. The van der Waals surface area contributed by atoms with Gasteiger partial charge in [0, 0.05) is 13.1 Å². The minimum Gasteiger partial charge on any atom is -0.378 e. The van der Waals surface area contributed by atoms with Crippen molar-refractivity contribution in [3.05, 3.63) is 29.6 Å². The predicted molar refractivity (Wildman–Crippen MR) is 71.7 cm³/mol. The number of hydrogen-bond acceptors (Lipinski definition) is 3. The van der Waals surface area contributed by atoms with E-state index in [-0.39, 0.29) is 6.04 Å². The maximum Gasteiger partial charge on any atom is 0.129 e. The van der Waals surface area contributed by atoms with E-state index in [4.69, 9.17) is 9.72 Å². The SMILES string of the molecule is CCn1c(C2COCCN2)nc2cc(C)ccc21. The molecule has 1 aliphatic rings. The number of nitrogens with one attached hydrogen (secondary N) is 1. The van der Waals surface area contributed by atoms with Crippen LogP contribution in [0.15, 0.2) is 18.2 Å². The van der Waals surface area contributed by atoms with Gasteiger partial charge in [0.25, 0.3) is 0 Å². The van der Waals surface area contributed by atoms with Crippen LogP contribution in [0.1, 0.15) is 24.4 Å². The van der Waals surface area contributed by atoms with Crippen molar-refractivity contribution in [2.24, 2.45) is 0 Å². The van der Waals surface area contributed by atoms with E-state index in [0.717, 1.165) is 31.0 Å². The second-order valence-electron chi connectivity index (χ2n) is 4.79. The van der Waals surface area contributed by atoms with E-state index in [9.17, 15) is 0 Å². The van der Waals surface area contributed by atoms with Crippen LogP contribution in [0.25, 0.3) is 11.0 Å². The standard InChI is InChI=1S/C14H19N3O/c1-3-17-13-5-4-10(2)8-11(13)16-14(17)12-9-18-7-6-15-12/h4-5,8,12,15H,3,6-7,9H2,1-2H3. The van der Waals surface area contributed by atoms with Crippen molar-refractivity contribution in [1.82, 2.24) is 14.9 Å². The molecule has 0 amide bonds. The van der Waals surface area contributed by atoms with Gasteiger partial charge in [-0.1, -0.05) is 6.07 Å². The Morgan fingerprint density at radius 3 is 3.11 bits per heavy atom. The van der Waals surface area contributed by atoms with E-state index >= 15 is 0 Å². The highest BCUT2D eigenvalue weighted by molar-refractivity contribution is 5.77. The van der Waals surface area contributed by atoms with Crippen LogP contribution >= 0.6 is 0 Å². The van der Waals surface area contributed by atoms with E-state index in [2.05, 4.69) is 41.9 Å². The Hall–Kier alpha value is -1.39. The lowest BCUT2D eigenvalue weighted by atomic mass is 10.2. The van der Waals surface area contributed by atoms with Gasteiger partial charge in [0.15, 0.2) is 0 Å². The fraction of sp³-hybridized carbons (Fsp3) is 0.500. The lowest BCUT2D eigenvalue weighted by Gasteiger charge is -2.23. The van der Waals surface area contributed by atoms with Crippen molar-refractivity contribution in [2.45, 2.75) is 26.4 Å². The molecule has 18 heavy (non-hydrogen) atoms. The van der Waals surface area contributed by atoms with Crippen LogP contribution in [0.4, 0.5) is 0 Å². The minimum atomic E-state index is 0.214. The summed E-state index contributed by atoms with van der Waals surface area (Å²) in [6.07, 6.45) is 0. The Labute approximate surface area is 107 Å². The summed E-state index contributed by atoms with van der Waals surface area (Å²) >= 11 is 0. The average molecular weight is 245 g/mol. The zero-order chi connectivity index (χ0) is 12.5. The Balaban J connectivity index is 2.09. The predicted octanol–water partition coefficient (Wildman–Crippen LogP) is 2.03. The number of aryl methyl sites for hydroxylation is 2.